The second kappa shape index (κ2) is 9.29. The molecule has 0 aliphatic heterocycles. The molecule has 3 aromatic heterocycles. The van der Waals surface area contributed by atoms with Gasteiger partial charge in [0.15, 0.2) is 17.1 Å². The molecule has 164 valence electrons. The first-order valence-electron chi connectivity index (χ1n) is 9.93. The minimum atomic E-state index is -0.517. The fourth-order valence-corrected chi connectivity index (χ4v) is 3.12. The van der Waals surface area contributed by atoms with E-state index in [2.05, 4.69) is 25.4 Å². The molecule has 10 nitrogen and oxygen atoms in total. The van der Waals surface area contributed by atoms with Crippen LogP contribution >= 0.6 is 0 Å². The van der Waals surface area contributed by atoms with Gasteiger partial charge in [0, 0.05) is 18.9 Å². The number of methoxy groups -OCH3 is 2. The highest BCUT2D eigenvalue weighted by molar-refractivity contribution is 5.96. The van der Waals surface area contributed by atoms with Crippen LogP contribution in [0.4, 0.5) is 5.95 Å². The highest BCUT2D eigenvalue weighted by Gasteiger charge is 2.20. The lowest BCUT2D eigenvalue weighted by atomic mass is 10.2. The molecule has 1 N–H and O–H groups in total. The van der Waals surface area contributed by atoms with E-state index in [1.165, 1.54) is 10.7 Å². The molecule has 4 rings (SSSR count). The van der Waals surface area contributed by atoms with Crippen LogP contribution in [0.3, 0.4) is 0 Å². The third-order valence-electron chi connectivity index (χ3n) is 4.65. The summed E-state index contributed by atoms with van der Waals surface area (Å²) in [5.41, 5.74) is 2.07. The van der Waals surface area contributed by atoms with Crippen LogP contribution < -0.4 is 14.8 Å². The monoisotopic (exact) mass is 434 g/mol. The molecule has 0 spiro atoms. The molecular weight excluding hydrogens is 412 g/mol. The van der Waals surface area contributed by atoms with Gasteiger partial charge in [0.25, 0.3) is 0 Å². The van der Waals surface area contributed by atoms with Crippen molar-refractivity contribution >= 4 is 17.6 Å². The summed E-state index contributed by atoms with van der Waals surface area (Å²) in [5, 5.41) is 7.76. The van der Waals surface area contributed by atoms with Gasteiger partial charge in [-0.2, -0.15) is 4.52 Å². The minimum absolute atomic E-state index is 0.221. The Balaban J connectivity index is 1.70. The number of hydrogen-bond donors (Lipinski definition) is 1. The first-order chi connectivity index (χ1) is 15.6. The van der Waals surface area contributed by atoms with Gasteiger partial charge in [-0.3, -0.25) is 4.98 Å². The van der Waals surface area contributed by atoms with Crippen molar-refractivity contribution in [2.75, 3.05) is 26.1 Å². The van der Waals surface area contributed by atoms with Crippen molar-refractivity contribution in [2.24, 2.45) is 0 Å². The number of carbonyl (C=O) groups is 1. The average molecular weight is 434 g/mol. The third-order valence-corrected chi connectivity index (χ3v) is 4.65. The van der Waals surface area contributed by atoms with Gasteiger partial charge < -0.3 is 19.5 Å². The summed E-state index contributed by atoms with van der Waals surface area (Å²) in [6.07, 6.45) is 3.09. The minimum Gasteiger partial charge on any atom is -0.493 e. The summed E-state index contributed by atoms with van der Waals surface area (Å²) in [5.74, 6) is 1.54. The molecule has 0 bridgehead atoms. The van der Waals surface area contributed by atoms with Crippen molar-refractivity contribution < 1.29 is 19.0 Å². The van der Waals surface area contributed by atoms with Crippen molar-refractivity contribution in [3.8, 4) is 23.0 Å². The zero-order valence-electron chi connectivity index (χ0n) is 17.9. The Labute approximate surface area is 184 Å². The van der Waals surface area contributed by atoms with Crippen LogP contribution in [0.1, 0.15) is 22.8 Å². The summed E-state index contributed by atoms with van der Waals surface area (Å²) in [7, 11) is 3.17. The Morgan fingerprint density at radius 2 is 1.94 bits per heavy atom. The predicted molar refractivity (Wildman–Crippen MR) is 117 cm³/mol. The smallest absolute Gasteiger partial charge is 0.343 e. The lowest BCUT2D eigenvalue weighted by molar-refractivity contribution is 0.0527. The van der Waals surface area contributed by atoms with Crippen LogP contribution in [0.5, 0.6) is 11.5 Å². The first-order valence-corrected chi connectivity index (χ1v) is 9.93. The normalized spacial score (nSPS) is 10.7. The number of ether oxygens (including phenoxy) is 3. The Hall–Kier alpha value is -4.21. The van der Waals surface area contributed by atoms with Crippen molar-refractivity contribution in [2.45, 2.75) is 13.5 Å². The van der Waals surface area contributed by atoms with Gasteiger partial charge in [0.2, 0.25) is 11.8 Å². The van der Waals surface area contributed by atoms with Crippen molar-refractivity contribution in [1.29, 1.82) is 0 Å². The number of benzene rings is 1. The van der Waals surface area contributed by atoms with Gasteiger partial charge in [-0.1, -0.05) is 12.1 Å². The summed E-state index contributed by atoms with van der Waals surface area (Å²) in [4.78, 5) is 25.6. The fourth-order valence-electron chi connectivity index (χ4n) is 3.12. The molecule has 0 amide bonds. The second-order valence-corrected chi connectivity index (χ2v) is 6.64. The molecule has 3 heterocycles. The Morgan fingerprint density at radius 1 is 1.09 bits per heavy atom. The molecule has 0 aliphatic rings. The number of nitrogens with one attached hydrogen (secondary N) is 1. The van der Waals surface area contributed by atoms with Crippen LogP contribution in [0.25, 0.3) is 17.2 Å². The largest absolute Gasteiger partial charge is 0.493 e. The molecule has 0 fully saturated rings. The molecule has 0 saturated heterocycles. The number of carbonyl (C=O) groups excluding carboxylic acids is 1. The number of rotatable bonds is 8. The van der Waals surface area contributed by atoms with Gasteiger partial charge >= 0.3 is 5.97 Å². The Bertz CT molecular complexity index is 1240. The summed E-state index contributed by atoms with van der Waals surface area (Å²) in [6, 6.07) is 11.1. The third kappa shape index (κ3) is 4.15. The van der Waals surface area contributed by atoms with Gasteiger partial charge in [-0.25, -0.2) is 14.8 Å². The molecule has 1 aromatic carbocycles. The van der Waals surface area contributed by atoms with Crippen LogP contribution in [-0.4, -0.2) is 51.4 Å². The maximum atomic E-state index is 12.4. The van der Waals surface area contributed by atoms with E-state index >= 15 is 0 Å². The molecule has 0 unspecified atom stereocenters. The first kappa shape index (κ1) is 21.0. The number of esters is 1. The molecule has 0 atom stereocenters. The molecule has 0 saturated carbocycles. The van der Waals surface area contributed by atoms with E-state index in [1.807, 2.05) is 24.3 Å². The number of nitrogens with zero attached hydrogens (tertiary/aromatic N) is 5. The summed E-state index contributed by atoms with van der Waals surface area (Å²) >= 11 is 0. The standard InChI is InChI=1S/C22H22N6O4/c1-4-32-21(29)15-13-25-22(24-12-14-8-9-17(30-2)18(11-14)31-3)28-20(15)26-19(27-28)16-7-5-6-10-23-16/h5-11,13H,4,12H2,1-3H3,(H,24,25). The molecule has 0 radical (unpaired) electrons. The van der Waals surface area contributed by atoms with E-state index in [1.54, 1.807) is 39.5 Å². The number of hydrogen-bond acceptors (Lipinski definition) is 9. The number of anilines is 1. The number of fused-ring (bicyclic) bond motifs is 1. The second-order valence-electron chi connectivity index (χ2n) is 6.64. The van der Waals surface area contributed by atoms with Crippen LogP contribution in [0.2, 0.25) is 0 Å². The predicted octanol–water partition coefficient (Wildman–Crippen LogP) is 2.99. The van der Waals surface area contributed by atoms with Gasteiger partial charge in [0.05, 0.1) is 20.8 Å². The van der Waals surface area contributed by atoms with Crippen LogP contribution in [-0.2, 0) is 11.3 Å². The van der Waals surface area contributed by atoms with Crippen LogP contribution in [0.15, 0.2) is 48.8 Å². The molecule has 0 aliphatic carbocycles. The number of aromatic nitrogens is 5. The Morgan fingerprint density at radius 3 is 2.66 bits per heavy atom. The SMILES string of the molecule is CCOC(=O)c1cnc(NCc2ccc(OC)c(OC)c2)n2nc(-c3ccccn3)nc12. The zero-order chi connectivity index (χ0) is 22.5. The highest BCUT2D eigenvalue weighted by atomic mass is 16.5. The van der Waals surface area contributed by atoms with E-state index in [4.69, 9.17) is 14.2 Å². The molecule has 32 heavy (non-hydrogen) atoms. The average Bonchev–Trinajstić information content (AvgIpc) is 3.28. The number of pyridine rings is 1. The molecule has 4 aromatic rings. The van der Waals surface area contributed by atoms with Crippen molar-refractivity contribution in [1.82, 2.24) is 24.6 Å². The Kier molecular flexibility index (Phi) is 6.11. The molecule has 10 heteroatoms. The summed E-state index contributed by atoms with van der Waals surface area (Å²) in [6.45, 7) is 2.41. The van der Waals surface area contributed by atoms with E-state index < -0.39 is 5.97 Å². The lowest BCUT2D eigenvalue weighted by Crippen LogP contribution is -2.12. The zero-order valence-corrected chi connectivity index (χ0v) is 17.9. The maximum Gasteiger partial charge on any atom is 0.343 e. The topological polar surface area (TPSA) is 113 Å². The quantitative estimate of drug-likeness (QED) is 0.418. The van der Waals surface area contributed by atoms with E-state index in [9.17, 15) is 4.79 Å². The van der Waals surface area contributed by atoms with E-state index in [0.717, 1.165) is 5.56 Å². The van der Waals surface area contributed by atoms with Gasteiger partial charge in [-0.05, 0) is 36.8 Å². The molecular formula is C22H22N6O4. The van der Waals surface area contributed by atoms with Crippen LogP contribution in [0, 0.1) is 0 Å². The lowest BCUT2D eigenvalue weighted by Gasteiger charge is -2.11. The van der Waals surface area contributed by atoms with E-state index in [-0.39, 0.29) is 12.2 Å². The van der Waals surface area contributed by atoms with Gasteiger partial charge in [-0.15, -0.1) is 5.10 Å². The highest BCUT2D eigenvalue weighted by Crippen LogP contribution is 2.28. The van der Waals surface area contributed by atoms with Crippen molar-refractivity contribution in [3.05, 3.63) is 59.9 Å². The van der Waals surface area contributed by atoms with E-state index in [0.29, 0.717) is 41.2 Å². The maximum absolute atomic E-state index is 12.4. The van der Waals surface area contributed by atoms with Gasteiger partial charge in [0.1, 0.15) is 11.3 Å². The summed E-state index contributed by atoms with van der Waals surface area (Å²) < 4.78 is 17.3. The fraction of sp³-hybridized carbons (Fsp3) is 0.227. The van der Waals surface area contributed by atoms with Crippen molar-refractivity contribution in [3.63, 3.8) is 0 Å².